The van der Waals surface area contributed by atoms with E-state index in [2.05, 4.69) is 5.16 Å². The second-order valence-electron chi connectivity index (χ2n) is 2.83. The Bertz CT molecular complexity index is 263. The molecule has 3 nitrogen and oxygen atoms in total. The molecule has 0 aliphatic carbocycles. The van der Waals surface area contributed by atoms with Crippen molar-refractivity contribution in [1.82, 2.24) is 5.16 Å². The van der Waals surface area contributed by atoms with Gasteiger partial charge in [-0.2, -0.15) is 0 Å². The molecule has 0 aliphatic rings. The van der Waals surface area contributed by atoms with Gasteiger partial charge in [0.25, 0.3) is 0 Å². The van der Waals surface area contributed by atoms with Crippen LogP contribution in [0.3, 0.4) is 0 Å². The second-order valence-corrected chi connectivity index (χ2v) is 2.83. The summed E-state index contributed by atoms with van der Waals surface area (Å²) in [4.78, 5) is 10.7. The van der Waals surface area contributed by atoms with E-state index in [1.807, 2.05) is 13.8 Å². The van der Waals surface area contributed by atoms with Gasteiger partial charge in [0.2, 0.25) is 5.76 Å². The lowest BCUT2D eigenvalue weighted by Crippen LogP contribution is -1.87. The van der Waals surface area contributed by atoms with Gasteiger partial charge >= 0.3 is 0 Å². The fourth-order valence-corrected chi connectivity index (χ4v) is 0.727. The Labute approximate surface area is 65.4 Å². The molecule has 0 radical (unpaired) electrons. The van der Waals surface area contributed by atoms with Crippen LogP contribution in [0.4, 0.5) is 0 Å². The van der Waals surface area contributed by atoms with Crippen molar-refractivity contribution in [1.29, 1.82) is 0 Å². The van der Waals surface area contributed by atoms with Crippen LogP contribution in [0.15, 0.2) is 10.6 Å². The Morgan fingerprint density at radius 3 is 2.55 bits per heavy atom. The Kier molecular flexibility index (Phi) is 2.08. The maximum Gasteiger partial charge on any atom is 0.202 e. The van der Waals surface area contributed by atoms with Crippen LogP contribution in [0, 0.1) is 0 Å². The van der Waals surface area contributed by atoms with Gasteiger partial charge in [0.15, 0.2) is 5.78 Å². The summed E-state index contributed by atoms with van der Waals surface area (Å²) in [5.41, 5.74) is 0.829. The largest absolute Gasteiger partial charge is 0.353 e. The highest BCUT2D eigenvalue weighted by Crippen LogP contribution is 2.13. The van der Waals surface area contributed by atoms with Crippen LogP contribution >= 0.6 is 0 Å². The van der Waals surface area contributed by atoms with E-state index >= 15 is 0 Å². The average molecular weight is 153 g/mol. The summed E-state index contributed by atoms with van der Waals surface area (Å²) < 4.78 is 4.79. The van der Waals surface area contributed by atoms with Crippen LogP contribution in [0.25, 0.3) is 0 Å². The van der Waals surface area contributed by atoms with Crippen molar-refractivity contribution in [2.24, 2.45) is 0 Å². The lowest BCUT2D eigenvalue weighted by Gasteiger charge is -1.92. The SMILES string of the molecule is CC(=O)c1cc(C(C)C)no1. The average Bonchev–Trinajstić information content (AvgIpc) is 2.33. The first-order valence-corrected chi connectivity index (χ1v) is 3.59. The molecule has 3 heteroatoms. The maximum absolute atomic E-state index is 10.7. The Balaban J connectivity index is 2.90. The highest BCUT2D eigenvalue weighted by atomic mass is 16.5. The highest BCUT2D eigenvalue weighted by Gasteiger charge is 2.09. The summed E-state index contributed by atoms with van der Waals surface area (Å²) >= 11 is 0. The Hall–Kier alpha value is -1.12. The van der Waals surface area contributed by atoms with Gasteiger partial charge in [-0.05, 0) is 5.92 Å². The molecule has 0 aliphatic heterocycles. The summed E-state index contributed by atoms with van der Waals surface area (Å²) in [7, 11) is 0. The molecular weight excluding hydrogens is 142 g/mol. The van der Waals surface area contributed by atoms with Crippen LogP contribution in [-0.4, -0.2) is 10.9 Å². The van der Waals surface area contributed by atoms with Crippen LogP contribution < -0.4 is 0 Å². The first kappa shape index (κ1) is 7.98. The summed E-state index contributed by atoms with van der Waals surface area (Å²) in [5, 5.41) is 3.74. The van der Waals surface area contributed by atoms with Crippen LogP contribution in [-0.2, 0) is 0 Å². The van der Waals surface area contributed by atoms with Crippen LogP contribution in [0.5, 0.6) is 0 Å². The zero-order valence-corrected chi connectivity index (χ0v) is 6.92. The number of hydrogen-bond acceptors (Lipinski definition) is 3. The van der Waals surface area contributed by atoms with Crippen molar-refractivity contribution < 1.29 is 9.32 Å². The molecule has 11 heavy (non-hydrogen) atoms. The molecule has 0 unspecified atom stereocenters. The normalized spacial score (nSPS) is 10.5. The molecule has 0 N–H and O–H groups in total. The fourth-order valence-electron chi connectivity index (χ4n) is 0.727. The lowest BCUT2D eigenvalue weighted by atomic mass is 10.1. The molecule has 0 aromatic carbocycles. The van der Waals surface area contributed by atoms with Gasteiger partial charge in [-0.15, -0.1) is 0 Å². The van der Waals surface area contributed by atoms with Crippen molar-refractivity contribution >= 4 is 5.78 Å². The molecule has 1 rings (SSSR count). The van der Waals surface area contributed by atoms with E-state index in [4.69, 9.17) is 4.52 Å². The smallest absolute Gasteiger partial charge is 0.202 e. The molecule has 60 valence electrons. The van der Waals surface area contributed by atoms with Gasteiger partial charge in [-0.25, -0.2) is 0 Å². The molecule has 1 aromatic heterocycles. The quantitative estimate of drug-likeness (QED) is 0.610. The monoisotopic (exact) mass is 153 g/mol. The third-order valence-corrected chi connectivity index (χ3v) is 1.47. The van der Waals surface area contributed by atoms with Gasteiger partial charge in [0.05, 0.1) is 5.69 Å². The molecule has 0 saturated carbocycles. The fraction of sp³-hybridized carbons (Fsp3) is 0.500. The van der Waals surface area contributed by atoms with Crippen LogP contribution in [0.2, 0.25) is 0 Å². The minimum absolute atomic E-state index is 0.0793. The summed E-state index contributed by atoms with van der Waals surface area (Å²) in [6.45, 7) is 5.47. The topological polar surface area (TPSA) is 43.1 Å². The summed E-state index contributed by atoms with van der Waals surface area (Å²) in [5.74, 6) is 0.574. The minimum atomic E-state index is -0.0793. The molecule has 0 fully saturated rings. The van der Waals surface area contributed by atoms with Gasteiger partial charge in [-0.1, -0.05) is 19.0 Å². The van der Waals surface area contributed by atoms with E-state index in [0.29, 0.717) is 11.7 Å². The molecule has 0 spiro atoms. The van der Waals surface area contributed by atoms with Gasteiger partial charge in [0, 0.05) is 13.0 Å². The van der Waals surface area contributed by atoms with Crippen LogP contribution in [0.1, 0.15) is 42.9 Å². The molecule has 1 aromatic rings. The molecule has 1 heterocycles. The molecular formula is C8H11NO2. The predicted molar refractivity (Wildman–Crippen MR) is 40.6 cm³/mol. The first-order chi connectivity index (χ1) is 5.11. The van der Waals surface area contributed by atoms with Crippen molar-refractivity contribution in [2.45, 2.75) is 26.7 Å². The predicted octanol–water partition coefficient (Wildman–Crippen LogP) is 2.00. The Morgan fingerprint density at radius 2 is 2.27 bits per heavy atom. The number of ketones is 1. The number of carbonyl (C=O) groups is 1. The summed E-state index contributed by atoms with van der Waals surface area (Å²) in [6, 6.07) is 1.69. The zero-order valence-electron chi connectivity index (χ0n) is 6.92. The third-order valence-electron chi connectivity index (χ3n) is 1.47. The standard InChI is InChI=1S/C8H11NO2/c1-5(2)7-4-8(6(3)10)11-9-7/h4-5H,1-3H3. The van der Waals surface area contributed by atoms with E-state index in [0.717, 1.165) is 5.69 Å². The van der Waals surface area contributed by atoms with E-state index in [1.165, 1.54) is 6.92 Å². The minimum Gasteiger partial charge on any atom is -0.353 e. The number of nitrogens with zero attached hydrogens (tertiary/aromatic N) is 1. The second kappa shape index (κ2) is 2.86. The lowest BCUT2D eigenvalue weighted by molar-refractivity contribution is 0.0978. The Morgan fingerprint density at radius 1 is 1.64 bits per heavy atom. The number of rotatable bonds is 2. The first-order valence-electron chi connectivity index (χ1n) is 3.59. The van der Waals surface area contributed by atoms with Gasteiger partial charge in [-0.3, -0.25) is 4.79 Å². The van der Waals surface area contributed by atoms with E-state index in [9.17, 15) is 4.79 Å². The molecule has 0 atom stereocenters. The van der Waals surface area contributed by atoms with Crippen molar-refractivity contribution in [2.75, 3.05) is 0 Å². The zero-order chi connectivity index (χ0) is 8.43. The molecule has 0 amide bonds. The summed E-state index contributed by atoms with van der Waals surface area (Å²) in [6.07, 6.45) is 0. The molecule has 0 bridgehead atoms. The van der Waals surface area contributed by atoms with Crippen molar-refractivity contribution in [3.05, 3.63) is 17.5 Å². The van der Waals surface area contributed by atoms with Crippen molar-refractivity contribution in [3.8, 4) is 0 Å². The van der Waals surface area contributed by atoms with E-state index < -0.39 is 0 Å². The van der Waals surface area contributed by atoms with Crippen molar-refractivity contribution in [3.63, 3.8) is 0 Å². The molecule has 0 saturated heterocycles. The maximum atomic E-state index is 10.7. The third kappa shape index (κ3) is 1.67. The number of aromatic nitrogens is 1. The highest BCUT2D eigenvalue weighted by molar-refractivity contribution is 5.91. The van der Waals surface area contributed by atoms with E-state index in [1.54, 1.807) is 6.07 Å². The van der Waals surface area contributed by atoms with E-state index in [-0.39, 0.29) is 5.78 Å². The van der Waals surface area contributed by atoms with Gasteiger partial charge < -0.3 is 4.52 Å². The number of carbonyl (C=O) groups excluding carboxylic acids is 1. The number of hydrogen-bond donors (Lipinski definition) is 0. The van der Waals surface area contributed by atoms with Gasteiger partial charge in [0.1, 0.15) is 0 Å². The number of Topliss-reactive ketones (excluding diaryl/α,β-unsaturated/α-hetero) is 1.